The molecule has 0 spiro atoms. The van der Waals surface area contributed by atoms with Gasteiger partial charge in [-0.3, -0.25) is 4.79 Å². The van der Waals surface area contributed by atoms with E-state index in [2.05, 4.69) is 0 Å². The van der Waals surface area contributed by atoms with Gasteiger partial charge < -0.3 is 10.6 Å². The molecule has 1 rings (SSSR count). The Morgan fingerprint density at radius 1 is 1.29 bits per heavy atom. The molecule has 2 N–H and O–H groups in total. The normalized spacial score (nSPS) is 12.6. The lowest BCUT2D eigenvalue weighted by Gasteiger charge is -2.28. The van der Waals surface area contributed by atoms with Gasteiger partial charge in [0, 0.05) is 12.6 Å². The Morgan fingerprint density at radius 3 is 2.24 bits per heavy atom. The van der Waals surface area contributed by atoms with Crippen LogP contribution in [0.15, 0.2) is 24.3 Å². The Bertz CT molecular complexity index is 374. The molecule has 0 aromatic heterocycles. The number of nitrogens with zero attached hydrogens (tertiary/aromatic N) is 1. The average Bonchev–Trinajstić information content (AvgIpc) is 2.26. The molecule has 0 aliphatic carbocycles. The van der Waals surface area contributed by atoms with Gasteiger partial charge in [-0.2, -0.15) is 0 Å². The maximum Gasteiger partial charge on any atom is 0.239 e. The first-order chi connectivity index (χ1) is 7.91. The van der Waals surface area contributed by atoms with E-state index in [0.29, 0.717) is 6.54 Å². The highest BCUT2D eigenvalue weighted by Crippen LogP contribution is 2.10. The highest BCUT2D eigenvalue weighted by atomic mass is 19.1. The molecule has 4 heteroatoms. The summed E-state index contributed by atoms with van der Waals surface area (Å²) in [5.41, 5.74) is 6.50. The van der Waals surface area contributed by atoms with Crippen LogP contribution in [0, 0.1) is 5.82 Å². The lowest BCUT2D eigenvalue weighted by molar-refractivity contribution is -0.134. The molecule has 0 radical (unpaired) electrons. The third-order valence-corrected chi connectivity index (χ3v) is 2.56. The zero-order chi connectivity index (χ0) is 13.0. The zero-order valence-corrected chi connectivity index (χ0v) is 10.5. The van der Waals surface area contributed by atoms with Crippen molar-refractivity contribution in [3.8, 4) is 0 Å². The molecule has 0 fully saturated rings. The van der Waals surface area contributed by atoms with Crippen molar-refractivity contribution in [2.45, 2.75) is 39.4 Å². The molecular formula is C13H19FN2O. The van der Waals surface area contributed by atoms with Crippen LogP contribution in [0.5, 0.6) is 0 Å². The van der Waals surface area contributed by atoms with Crippen molar-refractivity contribution < 1.29 is 9.18 Å². The first kappa shape index (κ1) is 13.6. The molecule has 1 amide bonds. The molecule has 0 aliphatic rings. The quantitative estimate of drug-likeness (QED) is 0.871. The van der Waals surface area contributed by atoms with Crippen molar-refractivity contribution in [3.63, 3.8) is 0 Å². The SMILES string of the molecule is CC(N)C(=O)N(Cc1ccc(F)cc1)C(C)C. The molecule has 1 aromatic rings. The van der Waals surface area contributed by atoms with Crippen LogP contribution in [0.2, 0.25) is 0 Å². The van der Waals surface area contributed by atoms with E-state index in [1.165, 1.54) is 12.1 Å². The number of carbonyl (C=O) groups is 1. The van der Waals surface area contributed by atoms with Crippen LogP contribution in [-0.2, 0) is 11.3 Å². The van der Waals surface area contributed by atoms with Crippen LogP contribution in [0.25, 0.3) is 0 Å². The van der Waals surface area contributed by atoms with E-state index in [1.54, 1.807) is 24.0 Å². The van der Waals surface area contributed by atoms with Gasteiger partial charge in [0.2, 0.25) is 5.91 Å². The third kappa shape index (κ3) is 3.82. The molecule has 0 saturated heterocycles. The average molecular weight is 238 g/mol. The van der Waals surface area contributed by atoms with Gasteiger partial charge in [0.15, 0.2) is 0 Å². The predicted molar refractivity (Wildman–Crippen MR) is 65.7 cm³/mol. The number of halogens is 1. The minimum atomic E-state index is -0.516. The van der Waals surface area contributed by atoms with Gasteiger partial charge in [0.1, 0.15) is 5.82 Å². The molecule has 3 nitrogen and oxygen atoms in total. The van der Waals surface area contributed by atoms with Gasteiger partial charge in [-0.25, -0.2) is 4.39 Å². The van der Waals surface area contributed by atoms with Gasteiger partial charge in [-0.05, 0) is 38.5 Å². The van der Waals surface area contributed by atoms with Gasteiger partial charge >= 0.3 is 0 Å². The van der Waals surface area contributed by atoms with Gasteiger partial charge in [-0.1, -0.05) is 12.1 Å². The standard InChI is InChI=1S/C13H19FN2O/c1-9(2)16(13(17)10(3)15)8-11-4-6-12(14)7-5-11/h4-7,9-10H,8,15H2,1-3H3. The first-order valence-corrected chi connectivity index (χ1v) is 5.72. The molecule has 94 valence electrons. The lowest BCUT2D eigenvalue weighted by Crippen LogP contribution is -2.45. The number of carbonyl (C=O) groups excluding carboxylic acids is 1. The van der Waals surface area contributed by atoms with Crippen LogP contribution in [0.3, 0.4) is 0 Å². The van der Waals surface area contributed by atoms with E-state index in [1.807, 2.05) is 13.8 Å². The summed E-state index contributed by atoms with van der Waals surface area (Å²) in [7, 11) is 0. The Balaban J connectivity index is 2.80. The highest BCUT2D eigenvalue weighted by Gasteiger charge is 2.20. The van der Waals surface area contributed by atoms with Crippen molar-refractivity contribution in [2.24, 2.45) is 5.73 Å². The Morgan fingerprint density at radius 2 is 1.82 bits per heavy atom. The number of amides is 1. The van der Waals surface area contributed by atoms with Crippen molar-refractivity contribution in [1.82, 2.24) is 4.90 Å². The Kier molecular flexibility index (Phi) is 4.63. The predicted octanol–water partition coefficient (Wildman–Crippen LogP) is 1.91. The summed E-state index contributed by atoms with van der Waals surface area (Å²) in [6.07, 6.45) is 0. The van der Waals surface area contributed by atoms with Gasteiger partial charge in [-0.15, -0.1) is 0 Å². The van der Waals surface area contributed by atoms with E-state index < -0.39 is 6.04 Å². The second kappa shape index (κ2) is 5.77. The molecule has 1 aromatic carbocycles. The van der Waals surface area contributed by atoms with Gasteiger partial charge in [0.05, 0.1) is 6.04 Å². The van der Waals surface area contributed by atoms with Crippen molar-refractivity contribution in [1.29, 1.82) is 0 Å². The van der Waals surface area contributed by atoms with Crippen molar-refractivity contribution in [2.75, 3.05) is 0 Å². The van der Waals surface area contributed by atoms with E-state index in [-0.39, 0.29) is 17.8 Å². The third-order valence-electron chi connectivity index (χ3n) is 2.56. The summed E-state index contributed by atoms with van der Waals surface area (Å²) in [4.78, 5) is 13.6. The Labute approximate surface area is 101 Å². The summed E-state index contributed by atoms with van der Waals surface area (Å²) < 4.78 is 12.8. The van der Waals surface area contributed by atoms with Crippen LogP contribution >= 0.6 is 0 Å². The van der Waals surface area contributed by atoms with Crippen LogP contribution in [0.1, 0.15) is 26.3 Å². The second-order valence-corrected chi connectivity index (χ2v) is 4.48. The maximum atomic E-state index is 12.8. The van der Waals surface area contributed by atoms with Crippen molar-refractivity contribution in [3.05, 3.63) is 35.6 Å². The molecule has 17 heavy (non-hydrogen) atoms. The van der Waals surface area contributed by atoms with Gasteiger partial charge in [0.25, 0.3) is 0 Å². The highest BCUT2D eigenvalue weighted by molar-refractivity contribution is 5.81. The first-order valence-electron chi connectivity index (χ1n) is 5.72. The van der Waals surface area contributed by atoms with E-state index in [0.717, 1.165) is 5.56 Å². The molecule has 0 saturated carbocycles. The zero-order valence-electron chi connectivity index (χ0n) is 10.5. The smallest absolute Gasteiger partial charge is 0.239 e. The number of hydrogen-bond donors (Lipinski definition) is 1. The molecule has 0 heterocycles. The number of hydrogen-bond acceptors (Lipinski definition) is 2. The topological polar surface area (TPSA) is 46.3 Å². The van der Waals surface area contributed by atoms with Crippen molar-refractivity contribution >= 4 is 5.91 Å². The maximum absolute atomic E-state index is 12.8. The lowest BCUT2D eigenvalue weighted by atomic mass is 10.1. The summed E-state index contributed by atoms with van der Waals surface area (Å²) in [5.74, 6) is -0.368. The number of nitrogens with two attached hydrogens (primary N) is 1. The fourth-order valence-electron chi connectivity index (χ4n) is 1.56. The molecule has 0 aliphatic heterocycles. The molecular weight excluding hydrogens is 219 g/mol. The fourth-order valence-corrected chi connectivity index (χ4v) is 1.56. The summed E-state index contributed by atoms with van der Waals surface area (Å²) in [5, 5.41) is 0. The fraction of sp³-hybridized carbons (Fsp3) is 0.462. The van der Waals surface area contributed by atoms with E-state index >= 15 is 0 Å². The molecule has 0 bridgehead atoms. The van der Waals surface area contributed by atoms with Crippen LogP contribution in [-0.4, -0.2) is 22.9 Å². The van der Waals surface area contributed by atoms with Crippen LogP contribution < -0.4 is 5.73 Å². The molecule has 1 atom stereocenters. The number of benzene rings is 1. The Hall–Kier alpha value is -1.42. The van der Waals surface area contributed by atoms with Crippen LogP contribution in [0.4, 0.5) is 4.39 Å². The largest absolute Gasteiger partial charge is 0.335 e. The molecule has 1 unspecified atom stereocenters. The van der Waals surface area contributed by atoms with E-state index in [4.69, 9.17) is 5.73 Å². The minimum Gasteiger partial charge on any atom is -0.335 e. The second-order valence-electron chi connectivity index (χ2n) is 4.48. The number of rotatable bonds is 4. The monoisotopic (exact) mass is 238 g/mol. The summed E-state index contributed by atoms with van der Waals surface area (Å²) in [6, 6.07) is 5.70. The summed E-state index contributed by atoms with van der Waals surface area (Å²) in [6.45, 7) is 5.99. The summed E-state index contributed by atoms with van der Waals surface area (Å²) >= 11 is 0. The van der Waals surface area contributed by atoms with E-state index in [9.17, 15) is 9.18 Å². The minimum absolute atomic E-state index is 0.0681.